The van der Waals surface area contributed by atoms with Crippen LogP contribution in [0.3, 0.4) is 0 Å². The molecule has 2 unspecified atom stereocenters. The minimum atomic E-state index is -0.589. The number of rotatable bonds is 5. The van der Waals surface area contributed by atoms with Crippen molar-refractivity contribution in [3.8, 4) is 0 Å². The number of benzene rings is 1. The molecule has 2 aromatic rings. The van der Waals surface area contributed by atoms with Crippen molar-refractivity contribution in [3.05, 3.63) is 59.5 Å². The van der Waals surface area contributed by atoms with Crippen LogP contribution in [0.4, 0.5) is 19.0 Å². The quantitative estimate of drug-likeness (QED) is 0.360. The predicted molar refractivity (Wildman–Crippen MR) is 119 cm³/mol. The average Bonchev–Trinajstić information content (AvgIpc) is 3.13. The lowest BCUT2D eigenvalue weighted by Crippen LogP contribution is -2.45. The van der Waals surface area contributed by atoms with Crippen LogP contribution in [0.25, 0.3) is 0 Å². The molecule has 2 heterocycles. The van der Waals surface area contributed by atoms with E-state index in [1.54, 1.807) is 19.3 Å². The molecule has 1 saturated heterocycles. The number of hydrogen-bond donors (Lipinski definition) is 2. The minimum Gasteiger partial charge on any atom is -0.356 e. The first-order valence-corrected chi connectivity index (χ1v) is 9.25. The summed E-state index contributed by atoms with van der Waals surface area (Å²) in [5.41, 5.74) is 0.446. The summed E-state index contributed by atoms with van der Waals surface area (Å²) in [5, 5.41) is 6.48. The van der Waals surface area contributed by atoms with Gasteiger partial charge < -0.3 is 15.5 Å². The Hall–Kier alpha value is -2.04. The number of anilines is 1. The van der Waals surface area contributed by atoms with Gasteiger partial charge in [-0.1, -0.05) is 13.0 Å². The molecule has 3 rings (SSSR count). The van der Waals surface area contributed by atoms with Crippen LogP contribution < -0.4 is 15.5 Å². The van der Waals surface area contributed by atoms with E-state index in [1.165, 1.54) is 18.2 Å². The van der Waals surface area contributed by atoms with Crippen molar-refractivity contribution in [2.45, 2.75) is 25.3 Å². The zero-order chi connectivity index (χ0) is 20.1. The molecule has 1 aliphatic rings. The molecule has 0 bridgehead atoms. The Morgan fingerprint density at radius 2 is 2.07 bits per heavy atom. The summed E-state index contributed by atoms with van der Waals surface area (Å²) in [7, 11) is 1.66. The fourth-order valence-corrected chi connectivity index (χ4v) is 3.33. The Kier molecular flexibility index (Phi) is 8.54. The number of aliphatic imine (C=N–C) groups is 1. The molecule has 5 nitrogen and oxygen atoms in total. The maximum atomic E-state index is 13.9. The molecule has 1 aliphatic heterocycles. The van der Waals surface area contributed by atoms with E-state index >= 15 is 0 Å². The molecular formula is C20H25F3IN5. The van der Waals surface area contributed by atoms with Crippen LogP contribution in [0.5, 0.6) is 0 Å². The van der Waals surface area contributed by atoms with Crippen molar-refractivity contribution >= 4 is 35.8 Å². The van der Waals surface area contributed by atoms with Gasteiger partial charge >= 0.3 is 0 Å². The molecule has 29 heavy (non-hydrogen) atoms. The third-order valence-corrected chi connectivity index (χ3v) is 4.86. The predicted octanol–water partition coefficient (Wildman–Crippen LogP) is 3.66. The van der Waals surface area contributed by atoms with Gasteiger partial charge in [-0.25, -0.2) is 18.2 Å². The van der Waals surface area contributed by atoms with Crippen molar-refractivity contribution in [3.63, 3.8) is 0 Å². The molecule has 9 heteroatoms. The summed E-state index contributed by atoms with van der Waals surface area (Å²) in [6.45, 7) is 3.60. The second kappa shape index (κ2) is 10.7. The summed E-state index contributed by atoms with van der Waals surface area (Å²) in [5.74, 6) is -0.699. The summed E-state index contributed by atoms with van der Waals surface area (Å²) in [6, 6.07) is 6.67. The highest BCUT2D eigenvalue weighted by molar-refractivity contribution is 14.0. The van der Waals surface area contributed by atoms with Crippen LogP contribution in [0, 0.1) is 17.5 Å². The van der Waals surface area contributed by atoms with Crippen molar-refractivity contribution in [2.75, 3.05) is 31.6 Å². The van der Waals surface area contributed by atoms with Gasteiger partial charge in [-0.2, -0.15) is 0 Å². The van der Waals surface area contributed by atoms with E-state index in [2.05, 4.69) is 20.6 Å². The lowest BCUT2D eigenvalue weighted by Gasteiger charge is -2.21. The number of nitrogens with zero attached hydrogens (tertiary/aromatic N) is 3. The Morgan fingerprint density at radius 3 is 2.76 bits per heavy atom. The van der Waals surface area contributed by atoms with Crippen molar-refractivity contribution in [2.24, 2.45) is 4.99 Å². The van der Waals surface area contributed by atoms with Gasteiger partial charge in [0.15, 0.2) is 17.6 Å². The van der Waals surface area contributed by atoms with Gasteiger partial charge in [-0.3, -0.25) is 4.99 Å². The Labute approximate surface area is 185 Å². The normalized spacial score (nSPS) is 17.6. The molecule has 0 spiro atoms. The number of pyridine rings is 1. The second-order valence-corrected chi connectivity index (χ2v) is 6.90. The molecule has 2 atom stereocenters. The molecule has 158 valence electrons. The average molecular weight is 519 g/mol. The first-order valence-electron chi connectivity index (χ1n) is 9.25. The van der Waals surface area contributed by atoms with Crippen molar-refractivity contribution < 1.29 is 13.2 Å². The van der Waals surface area contributed by atoms with E-state index < -0.39 is 11.6 Å². The first kappa shape index (κ1) is 23.2. The molecule has 0 amide bonds. The highest BCUT2D eigenvalue weighted by Crippen LogP contribution is 2.21. The topological polar surface area (TPSA) is 52.6 Å². The standard InChI is InChI=1S/C20H24F3N5.HI/c1-13(16-6-5-14(21)10-18(16)23)11-26-20(24-2)27-15-7-9-28(12-15)19-17(22)4-3-8-25-19;/h3-6,8,10,13,15H,7,9,11-12H2,1-2H3,(H2,24,26,27);1H. The summed E-state index contributed by atoms with van der Waals surface area (Å²) in [6.07, 6.45) is 2.40. The molecule has 1 aromatic carbocycles. The summed E-state index contributed by atoms with van der Waals surface area (Å²) < 4.78 is 40.9. The van der Waals surface area contributed by atoms with Gasteiger partial charge in [0.2, 0.25) is 0 Å². The largest absolute Gasteiger partial charge is 0.356 e. The van der Waals surface area contributed by atoms with Crippen molar-refractivity contribution in [1.82, 2.24) is 15.6 Å². The minimum absolute atomic E-state index is 0. The second-order valence-electron chi connectivity index (χ2n) is 6.90. The van der Waals surface area contributed by atoms with E-state index in [1.807, 2.05) is 11.8 Å². The molecule has 0 radical (unpaired) electrons. The molecule has 0 saturated carbocycles. The van der Waals surface area contributed by atoms with Gasteiger partial charge in [0.1, 0.15) is 11.6 Å². The fourth-order valence-electron chi connectivity index (χ4n) is 3.33. The zero-order valence-corrected chi connectivity index (χ0v) is 18.7. The van der Waals surface area contributed by atoms with Gasteiger partial charge in [0, 0.05) is 50.9 Å². The SMILES string of the molecule is CN=C(NCC(C)c1ccc(F)cc1F)NC1CCN(c2ncccc2F)C1.I. The third kappa shape index (κ3) is 5.97. The third-order valence-electron chi connectivity index (χ3n) is 4.86. The number of nitrogens with one attached hydrogen (secondary N) is 2. The van der Waals surface area contributed by atoms with Gasteiger partial charge in [0.05, 0.1) is 0 Å². The van der Waals surface area contributed by atoms with E-state index in [-0.39, 0.29) is 41.8 Å². The molecule has 0 aliphatic carbocycles. The number of aromatic nitrogens is 1. The van der Waals surface area contributed by atoms with Crippen LogP contribution in [0.15, 0.2) is 41.5 Å². The van der Waals surface area contributed by atoms with Crippen LogP contribution in [0.1, 0.15) is 24.8 Å². The smallest absolute Gasteiger partial charge is 0.191 e. The molecular weight excluding hydrogens is 494 g/mol. The summed E-state index contributed by atoms with van der Waals surface area (Å²) >= 11 is 0. The summed E-state index contributed by atoms with van der Waals surface area (Å²) in [4.78, 5) is 10.2. The maximum Gasteiger partial charge on any atom is 0.191 e. The Bertz CT molecular complexity index is 849. The highest BCUT2D eigenvalue weighted by atomic mass is 127. The first-order chi connectivity index (χ1) is 13.5. The maximum absolute atomic E-state index is 13.9. The van der Waals surface area contributed by atoms with Crippen LogP contribution in [-0.4, -0.2) is 43.7 Å². The zero-order valence-electron chi connectivity index (χ0n) is 16.3. The lowest BCUT2D eigenvalue weighted by atomic mass is 10.0. The van der Waals surface area contributed by atoms with Crippen LogP contribution in [-0.2, 0) is 0 Å². The highest BCUT2D eigenvalue weighted by Gasteiger charge is 2.26. The Morgan fingerprint density at radius 1 is 1.28 bits per heavy atom. The number of guanidine groups is 1. The molecule has 2 N–H and O–H groups in total. The molecule has 1 fully saturated rings. The van der Waals surface area contributed by atoms with Gasteiger partial charge in [-0.15, -0.1) is 24.0 Å². The monoisotopic (exact) mass is 519 g/mol. The van der Waals surface area contributed by atoms with Gasteiger partial charge in [0.25, 0.3) is 0 Å². The molecule has 1 aromatic heterocycles. The van der Waals surface area contributed by atoms with Gasteiger partial charge in [-0.05, 0) is 30.2 Å². The number of hydrogen-bond acceptors (Lipinski definition) is 3. The lowest BCUT2D eigenvalue weighted by molar-refractivity contribution is 0.554. The van der Waals surface area contributed by atoms with E-state index in [4.69, 9.17) is 0 Å². The van der Waals surface area contributed by atoms with Crippen molar-refractivity contribution in [1.29, 1.82) is 0 Å². The fraction of sp³-hybridized carbons (Fsp3) is 0.400. The van der Waals surface area contributed by atoms with Crippen LogP contribution >= 0.6 is 24.0 Å². The Balaban J connectivity index is 0.00000300. The van der Waals surface area contributed by atoms with E-state index in [0.717, 1.165) is 12.5 Å². The van der Waals surface area contributed by atoms with E-state index in [9.17, 15) is 13.2 Å². The number of halogens is 4. The van der Waals surface area contributed by atoms with Crippen LogP contribution in [0.2, 0.25) is 0 Å². The van der Waals surface area contributed by atoms with E-state index in [0.29, 0.717) is 37.0 Å².